The molecule has 0 saturated carbocycles. The molecule has 0 heterocycles. The Hall–Kier alpha value is -1.32. The topological polar surface area (TPSA) is 52.6 Å². The number of carbonyl (C=O) groups excluding carboxylic acids is 2. The molecule has 0 rings (SSSR count). The first-order valence-corrected chi connectivity index (χ1v) is 8.68. The van der Waals surface area contributed by atoms with E-state index >= 15 is 0 Å². The molecule has 0 N–H and O–H groups in total. The van der Waals surface area contributed by atoms with Crippen LogP contribution in [0.15, 0.2) is 11.1 Å². The molecule has 0 aromatic heterocycles. The fraction of sp³-hybridized carbons (Fsp3) is 0.778. The number of unbranched alkanes of at least 4 members (excludes halogenated alkanes) is 2. The van der Waals surface area contributed by atoms with Gasteiger partial charge >= 0.3 is 11.9 Å². The first-order valence-electron chi connectivity index (χ1n) is 8.68. The van der Waals surface area contributed by atoms with Gasteiger partial charge in [0.25, 0.3) is 0 Å². The number of hydrogen-bond donors (Lipinski definition) is 0. The van der Waals surface area contributed by atoms with Gasteiger partial charge in [-0.05, 0) is 38.5 Å². The van der Waals surface area contributed by atoms with Gasteiger partial charge in [0.05, 0.1) is 13.2 Å². The first-order chi connectivity index (χ1) is 10.6. The van der Waals surface area contributed by atoms with Crippen molar-refractivity contribution in [1.82, 2.24) is 0 Å². The summed E-state index contributed by atoms with van der Waals surface area (Å²) < 4.78 is 10.5. The van der Waals surface area contributed by atoms with Crippen LogP contribution in [0.25, 0.3) is 0 Å². The van der Waals surface area contributed by atoms with Crippen molar-refractivity contribution in [3.05, 3.63) is 11.1 Å². The molecule has 128 valence electrons. The highest BCUT2D eigenvalue weighted by atomic mass is 16.5. The van der Waals surface area contributed by atoms with Crippen LogP contribution in [-0.2, 0) is 19.1 Å². The van der Waals surface area contributed by atoms with E-state index in [1.54, 1.807) is 0 Å². The Labute approximate surface area is 135 Å². The largest absolute Gasteiger partial charge is 0.462 e. The molecule has 0 aromatic carbocycles. The van der Waals surface area contributed by atoms with Crippen LogP contribution >= 0.6 is 0 Å². The van der Waals surface area contributed by atoms with E-state index in [1.807, 2.05) is 13.8 Å². The lowest BCUT2D eigenvalue weighted by Crippen LogP contribution is -2.18. The number of ether oxygens (including phenoxy) is 2. The van der Waals surface area contributed by atoms with Crippen molar-refractivity contribution in [3.63, 3.8) is 0 Å². The summed E-state index contributed by atoms with van der Waals surface area (Å²) in [6.07, 6.45) is 6.39. The van der Waals surface area contributed by atoms with E-state index in [-0.39, 0.29) is 11.9 Å². The van der Waals surface area contributed by atoms with E-state index in [9.17, 15) is 9.59 Å². The summed E-state index contributed by atoms with van der Waals surface area (Å²) in [7, 11) is 0. The lowest BCUT2D eigenvalue weighted by molar-refractivity contribution is -0.142. The van der Waals surface area contributed by atoms with Gasteiger partial charge in [-0.15, -0.1) is 0 Å². The third-order valence-electron chi connectivity index (χ3n) is 3.29. The van der Waals surface area contributed by atoms with Crippen molar-refractivity contribution in [1.29, 1.82) is 0 Å². The Morgan fingerprint density at radius 3 is 1.27 bits per heavy atom. The minimum atomic E-state index is -0.352. The van der Waals surface area contributed by atoms with E-state index < -0.39 is 0 Å². The molecule has 0 unspecified atom stereocenters. The minimum Gasteiger partial charge on any atom is -0.462 e. The Morgan fingerprint density at radius 2 is 1.00 bits per heavy atom. The minimum absolute atomic E-state index is 0.352. The fourth-order valence-electron chi connectivity index (χ4n) is 2.02. The van der Waals surface area contributed by atoms with Crippen molar-refractivity contribution < 1.29 is 19.1 Å². The van der Waals surface area contributed by atoms with Gasteiger partial charge in [0, 0.05) is 11.1 Å². The van der Waals surface area contributed by atoms with Crippen molar-refractivity contribution in [3.8, 4) is 0 Å². The van der Waals surface area contributed by atoms with Gasteiger partial charge in [-0.2, -0.15) is 0 Å². The predicted molar refractivity (Wildman–Crippen MR) is 88.6 cm³/mol. The standard InChI is InChI=1S/C18H32O4/c1-5-9-11-15(17(19)21-13-7-3)16(12-10-6-2)18(20)22-14-8-4/h5-14H2,1-4H3/b16-15-. The normalized spacial score (nSPS) is 11.8. The van der Waals surface area contributed by atoms with Gasteiger partial charge in [0.15, 0.2) is 0 Å². The van der Waals surface area contributed by atoms with Crippen LogP contribution in [0, 0.1) is 0 Å². The molecule has 0 fully saturated rings. The highest BCUT2D eigenvalue weighted by Gasteiger charge is 2.22. The fourth-order valence-corrected chi connectivity index (χ4v) is 2.02. The zero-order valence-electron chi connectivity index (χ0n) is 14.7. The van der Waals surface area contributed by atoms with Crippen LogP contribution in [0.3, 0.4) is 0 Å². The Bertz CT molecular complexity index is 324. The SMILES string of the molecule is CCCC/C(C(=O)OCCC)=C(\CCCC)C(=O)OCCC. The lowest BCUT2D eigenvalue weighted by atomic mass is 9.98. The second-order valence-electron chi connectivity index (χ2n) is 5.44. The van der Waals surface area contributed by atoms with Crippen LogP contribution in [0.1, 0.15) is 79.1 Å². The van der Waals surface area contributed by atoms with Crippen molar-refractivity contribution in [2.75, 3.05) is 13.2 Å². The first kappa shape index (κ1) is 20.7. The van der Waals surface area contributed by atoms with Crippen molar-refractivity contribution in [2.45, 2.75) is 79.1 Å². The van der Waals surface area contributed by atoms with Gasteiger partial charge in [-0.1, -0.05) is 40.5 Å². The zero-order valence-corrected chi connectivity index (χ0v) is 14.7. The lowest BCUT2D eigenvalue weighted by Gasteiger charge is -2.14. The molecule has 0 bridgehead atoms. The molecule has 4 nitrogen and oxygen atoms in total. The van der Waals surface area contributed by atoms with Crippen LogP contribution in [0.2, 0.25) is 0 Å². The monoisotopic (exact) mass is 312 g/mol. The molecule has 0 aliphatic carbocycles. The van der Waals surface area contributed by atoms with Crippen LogP contribution in [0.4, 0.5) is 0 Å². The Morgan fingerprint density at radius 1 is 0.636 bits per heavy atom. The molecule has 0 amide bonds. The van der Waals surface area contributed by atoms with Crippen molar-refractivity contribution >= 4 is 11.9 Å². The molecule has 4 heteroatoms. The molecule has 0 saturated heterocycles. The third kappa shape index (κ3) is 8.20. The predicted octanol–water partition coefficient (Wildman–Crippen LogP) is 4.57. The number of esters is 2. The summed E-state index contributed by atoms with van der Waals surface area (Å²) in [5, 5.41) is 0. The molecule has 0 spiro atoms. The van der Waals surface area contributed by atoms with Crippen molar-refractivity contribution in [2.24, 2.45) is 0 Å². The molecule has 0 atom stereocenters. The molecule has 0 radical (unpaired) electrons. The number of carbonyl (C=O) groups is 2. The van der Waals surface area contributed by atoms with Gasteiger partial charge < -0.3 is 9.47 Å². The average Bonchev–Trinajstić information content (AvgIpc) is 2.53. The van der Waals surface area contributed by atoms with E-state index in [0.717, 1.165) is 38.5 Å². The summed E-state index contributed by atoms with van der Waals surface area (Å²) in [5.74, 6) is -0.704. The third-order valence-corrected chi connectivity index (χ3v) is 3.29. The highest BCUT2D eigenvalue weighted by Crippen LogP contribution is 2.21. The molecular formula is C18H32O4. The number of hydrogen-bond acceptors (Lipinski definition) is 4. The second kappa shape index (κ2) is 13.4. The summed E-state index contributed by atoms with van der Waals surface area (Å²) in [5.41, 5.74) is 1.04. The van der Waals surface area contributed by atoms with Gasteiger partial charge in [-0.25, -0.2) is 9.59 Å². The van der Waals surface area contributed by atoms with E-state index in [2.05, 4.69) is 13.8 Å². The molecular weight excluding hydrogens is 280 g/mol. The van der Waals surface area contributed by atoms with E-state index in [1.165, 1.54) is 0 Å². The van der Waals surface area contributed by atoms with E-state index in [4.69, 9.17) is 9.47 Å². The molecule has 22 heavy (non-hydrogen) atoms. The quantitative estimate of drug-likeness (QED) is 0.391. The van der Waals surface area contributed by atoms with Gasteiger partial charge in [0.1, 0.15) is 0 Å². The summed E-state index contributed by atoms with van der Waals surface area (Å²) in [4.78, 5) is 24.6. The molecule has 0 aromatic rings. The number of rotatable bonds is 12. The smallest absolute Gasteiger partial charge is 0.334 e. The zero-order chi connectivity index (χ0) is 16.8. The average molecular weight is 312 g/mol. The van der Waals surface area contributed by atoms with Gasteiger partial charge in [0.2, 0.25) is 0 Å². The Kier molecular flexibility index (Phi) is 12.5. The van der Waals surface area contributed by atoms with Gasteiger partial charge in [-0.3, -0.25) is 0 Å². The Balaban J connectivity index is 5.31. The van der Waals surface area contributed by atoms with Crippen LogP contribution in [0.5, 0.6) is 0 Å². The molecule has 0 aliphatic rings. The highest BCUT2D eigenvalue weighted by molar-refractivity contribution is 6.00. The van der Waals surface area contributed by atoms with Crippen LogP contribution in [-0.4, -0.2) is 25.2 Å². The van der Waals surface area contributed by atoms with Crippen LogP contribution < -0.4 is 0 Å². The van der Waals surface area contributed by atoms with E-state index in [0.29, 0.717) is 37.2 Å². The second-order valence-corrected chi connectivity index (χ2v) is 5.44. The molecule has 0 aliphatic heterocycles. The maximum atomic E-state index is 12.3. The summed E-state index contributed by atoms with van der Waals surface area (Å²) >= 11 is 0. The maximum absolute atomic E-state index is 12.3. The maximum Gasteiger partial charge on any atom is 0.334 e. The summed E-state index contributed by atoms with van der Waals surface area (Å²) in [6, 6.07) is 0. The summed E-state index contributed by atoms with van der Waals surface area (Å²) in [6.45, 7) is 8.82.